The van der Waals surface area contributed by atoms with E-state index in [9.17, 15) is 14.7 Å². The van der Waals surface area contributed by atoms with Gasteiger partial charge in [-0.15, -0.1) is 0 Å². The minimum Gasteiger partial charge on any atom is -0.491 e. The molecular weight excluding hydrogens is 284 g/mol. The number of ether oxygens (including phenoxy) is 1. The number of rotatable bonds is 5. The summed E-state index contributed by atoms with van der Waals surface area (Å²) >= 11 is 5.90. The van der Waals surface area contributed by atoms with Gasteiger partial charge in [0.1, 0.15) is 18.5 Å². The van der Waals surface area contributed by atoms with Crippen LogP contribution >= 0.6 is 11.6 Å². The number of hydrogen-bond donors (Lipinski definition) is 2. The molecule has 0 spiro atoms. The molecule has 1 aliphatic rings. The second-order valence-corrected chi connectivity index (χ2v) is 4.95. The van der Waals surface area contributed by atoms with E-state index >= 15 is 0 Å². The Balaban J connectivity index is 1.85. The summed E-state index contributed by atoms with van der Waals surface area (Å²) in [6.45, 7) is 1.72. The SMILES string of the molecule is Cc1cc(OC[C@@H](O)CN2C(=O)CNC2=O)ccc1Cl. The number of nitrogens with one attached hydrogen (secondary N) is 1. The molecule has 1 aliphatic heterocycles. The first-order valence-electron chi connectivity index (χ1n) is 6.12. The molecule has 1 saturated heterocycles. The fourth-order valence-electron chi connectivity index (χ4n) is 1.80. The molecule has 1 fully saturated rings. The monoisotopic (exact) mass is 298 g/mol. The molecule has 0 aromatic heterocycles. The van der Waals surface area contributed by atoms with Crippen LogP contribution in [0.15, 0.2) is 18.2 Å². The van der Waals surface area contributed by atoms with Crippen LogP contribution in [0.4, 0.5) is 4.79 Å². The summed E-state index contributed by atoms with van der Waals surface area (Å²) in [7, 11) is 0. The van der Waals surface area contributed by atoms with Gasteiger partial charge in [0.2, 0.25) is 5.91 Å². The number of imide groups is 1. The van der Waals surface area contributed by atoms with Crippen molar-refractivity contribution < 1.29 is 19.4 Å². The van der Waals surface area contributed by atoms with Crippen LogP contribution in [0.2, 0.25) is 5.02 Å². The molecule has 1 aromatic rings. The minimum atomic E-state index is -0.946. The molecule has 0 radical (unpaired) electrons. The van der Waals surface area contributed by atoms with Gasteiger partial charge in [0.15, 0.2) is 0 Å². The molecule has 0 saturated carbocycles. The number of carbonyl (C=O) groups is 2. The largest absolute Gasteiger partial charge is 0.491 e. The van der Waals surface area contributed by atoms with E-state index < -0.39 is 12.1 Å². The zero-order chi connectivity index (χ0) is 14.7. The molecule has 1 atom stereocenters. The van der Waals surface area contributed by atoms with E-state index in [1.807, 2.05) is 6.92 Å². The van der Waals surface area contributed by atoms with E-state index in [-0.39, 0.29) is 25.6 Å². The van der Waals surface area contributed by atoms with Crippen molar-refractivity contribution in [1.82, 2.24) is 10.2 Å². The van der Waals surface area contributed by atoms with Crippen LogP contribution in [0, 0.1) is 6.92 Å². The van der Waals surface area contributed by atoms with Gasteiger partial charge in [0.25, 0.3) is 0 Å². The van der Waals surface area contributed by atoms with Crippen molar-refractivity contribution in [3.8, 4) is 5.75 Å². The van der Waals surface area contributed by atoms with Crippen LogP contribution in [-0.2, 0) is 4.79 Å². The molecule has 1 heterocycles. The highest BCUT2D eigenvalue weighted by molar-refractivity contribution is 6.31. The highest BCUT2D eigenvalue weighted by Crippen LogP contribution is 2.21. The number of nitrogens with zero attached hydrogens (tertiary/aromatic N) is 1. The lowest BCUT2D eigenvalue weighted by Gasteiger charge is -2.18. The third-order valence-electron chi connectivity index (χ3n) is 2.90. The van der Waals surface area contributed by atoms with Gasteiger partial charge in [-0.2, -0.15) is 0 Å². The Hall–Kier alpha value is -1.79. The molecule has 108 valence electrons. The van der Waals surface area contributed by atoms with Gasteiger partial charge in [-0.05, 0) is 30.7 Å². The fourth-order valence-corrected chi connectivity index (χ4v) is 1.92. The van der Waals surface area contributed by atoms with E-state index in [0.29, 0.717) is 10.8 Å². The van der Waals surface area contributed by atoms with Gasteiger partial charge < -0.3 is 15.2 Å². The van der Waals surface area contributed by atoms with Gasteiger partial charge in [-0.1, -0.05) is 11.6 Å². The molecule has 0 unspecified atom stereocenters. The van der Waals surface area contributed by atoms with Crippen molar-refractivity contribution in [2.75, 3.05) is 19.7 Å². The Kier molecular flexibility index (Phi) is 4.46. The average molecular weight is 299 g/mol. The zero-order valence-electron chi connectivity index (χ0n) is 10.9. The van der Waals surface area contributed by atoms with Crippen LogP contribution in [0.1, 0.15) is 5.56 Å². The van der Waals surface area contributed by atoms with Crippen LogP contribution < -0.4 is 10.1 Å². The number of benzene rings is 1. The van der Waals surface area contributed by atoms with Gasteiger partial charge in [-0.25, -0.2) is 4.79 Å². The number of carbonyl (C=O) groups excluding carboxylic acids is 2. The fraction of sp³-hybridized carbons (Fsp3) is 0.385. The van der Waals surface area contributed by atoms with E-state index in [4.69, 9.17) is 16.3 Å². The van der Waals surface area contributed by atoms with Crippen LogP contribution in [0.3, 0.4) is 0 Å². The third-order valence-corrected chi connectivity index (χ3v) is 3.33. The van der Waals surface area contributed by atoms with E-state index in [2.05, 4.69) is 5.32 Å². The molecular formula is C13H15ClN2O4. The van der Waals surface area contributed by atoms with Crippen LogP contribution in [0.5, 0.6) is 5.75 Å². The van der Waals surface area contributed by atoms with Crippen molar-refractivity contribution in [3.63, 3.8) is 0 Å². The Morgan fingerprint density at radius 1 is 1.50 bits per heavy atom. The number of urea groups is 1. The normalized spacial score (nSPS) is 16.2. The van der Waals surface area contributed by atoms with Gasteiger partial charge >= 0.3 is 6.03 Å². The van der Waals surface area contributed by atoms with Crippen molar-refractivity contribution in [2.24, 2.45) is 0 Å². The zero-order valence-corrected chi connectivity index (χ0v) is 11.7. The lowest BCUT2D eigenvalue weighted by molar-refractivity contribution is -0.126. The first-order chi connectivity index (χ1) is 9.47. The maximum Gasteiger partial charge on any atom is 0.324 e. The van der Waals surface area contributed by atoms with Crippen molar-refractivity contribution in [1.29, 1.82) is 0 Å². The molecule has 2 N–H and O–H groups in total. The summed E-state index contributed by atoms with van der Waals surface area (Å²) in [5.41, 5.74) is 0.868. The van der Waals surface area contributed by atoms with Crippen molar-refractivity contribution in [2.45, 2.75) is 13.0 Å². The lowest BCUT2D eigenvalue weighted by atomic mass is 10.2. The molecule has 2 rings (SSSR count). The predicted octanol–water partition coefficient (Wildman–Crippen LogP) is 0.940. The summed E-state index contributed by atoms with van der Waals surface area (Å²) in [4.78, 5) is 23.6. The van der Waals surface area contributed by atoms with Crippen LogP contribution in [-0.4, -0.2) is 47.7 Å². The Labute approximate surface area is 121 Å². The topological polar surface area (TPSA) is 78.9 Å². The number of hydrogen-bond acceptors (Lipinski definition) is 4. The quantitative estimate of drug-likeness (QED) is 0.793. The molecule has 0 bridgehead atoms. The molecule has 1 aromatic carbocycles. The van der Waals surface area contributed by atoms with Gasteiger partial charge in [0.05, 0.1) is 13.1 Å². The Morgan fingerprint density at radius 2 is 2.25 bits per heavy atom. The number of amides is 3. The molecule has 20 heavy (non-hydrogen) atoms. The van der Waals surface area contributed by atoms with E-state index in [1.165, 1.54) is 0 Å². The van der Waals surface area contributed by atoms with E-state index in [0.717, 1.165) is 10.5 Å². The number of β-amino-alcohol motifs (C(OH)–C–C–N with tert-alkyl or cyclic N) is 1. The molecule has 7 heteroatoms. The number of aliphatic hydroxyl groups is 1. The average Bonchev–Trinajstić information content (AvgIpc) is 2.72. The van der Waals surface area contributed by atoms with E-state index in [1.54, 1.807) is 18.2 Å². The Morgan fingerprint density at radius 3 is 2.85 bits per heavy atom. The van der Waals surface area contributed by atoms with Crippen molar-refractivity contribution in [3.05, 3.63) is 28.8 Å². The second kappa shape index (κ2) is 6.11. The number of aryl methyl sites for hydroxylation is 1. The first-order valence-corrected chi connectivity index (χ1v) is 6.50. The summed E-state index contributed by atoms with van der Waals surface area (Å²) in [5.74, 6) is 0.222. The molecule has 6 nitrogen and oxygen atoms in total. The second-order valence-electron chi connectivity index (χ2n) is 4.54. The minimum absolute atomic E-state index is 0.0157. The van der Waals surface area contributed by atoms with Gasteiger partial charge in [0, 0.05) is 5.02 Å². The highest BCUT2D eigenvalue weighted by atomic mass is 35.5. The smallest absolute Gasteiger partial charge is 0.324 e. The maximum absolute atomic E-state index is 11.4. The number of halogens is 1. The summed E-state index contributed by atoms with van der Waals surface area (Å²) in [6, 6.07) is 4.66. The summed E-state index contributed by atoms with van der Waals surface area (Å²) in [5, 5.41) is 12.8. The first kappa shape index (κ1) is 14.6. The standard InChI is InChI=1S/C13H15ClN2O4/c1-8-4-10(2-3-11(8)14)20-7-9(17)6-16-12(18)5-15-13(16)19/h2-4,9,17H,5-7H2,1H3,(H,15,19)/t9-/m0/s1. The van der Waals surface area contributed by atoms with Crippen LogP contribution in [0.25, 0.3) is 0 Å². The van der Waals surface area contributed by atoms with Gasteiger partial charge in [-0.3, -0.25) is 9.69 Å². The predicted molar refractivity (Wildman–Crippen MR) is 72.8 cm³/mol. The van der Waals surface area contributed by atoms with Crippen molar-refractivity contribution >= 4 is 23.5 Å². The third kappa shape index (κ3) is 3.40. The highest BCUT2D eigenvalue weighted by Gasteiger charge is 2.30. The molecule has 0 aliphatic carbocycles. The Bertz CT molecular complexity index is 519. The summed E-state index contributed by atoms with van der Waals surface area (Å²) < 4.78 is 5.41. The number of aliphatic hydroxyl groups excluding tert-OH is 1. The maximum atomic E-state index is 11.4. The lowest BCUT2D eigenvalue weighted by Crippen LogP contribution is -2.39. The molecule has 3 amide bonds. The summed E-state index contributed by atoms with van der Waals surface area (Å²) in [6.07, 6.45) is -0.946.